The second-order valence-corrected chi connectivity index (χ2v) is 19.3. The second-order valence-electron chi connectivity index (χ2n) is 19.3. The molecule has 4 heteroatoms. The normalized spacial score (nSPS) is 13.3. The van der Waals surface area contributed by atoms with Gasteiger partial charge in [0.1, 0.15) is 11.6 Å². The molecule has 1 N–H and O–H groups in total. The van der Waals surface area contributed by atoms with Gasteiger partial charge in [0.2, 0.25) is 0 Å². The third-order valence-electron chi connectivity index (χ3n) is 11.6. The molecule has 0 fully saturated rings. The molecule has 0 aliphatic carbocycles. The van der Waals surface area contributed by atoms with E-state index in [0.29, 0.717) is 22.6 Å². The van der Waals surface area contributed by atoms with Crippen LogP contribution in [0.15, 0.2) is 140 Å². The number of fused-ring (bicyclic) bond motifs is 1. The van der Waals surface area contributed by atoms with Crippen molar-refractivity contribution in [2.75, 3.05) is 0 Å². The van der Waals surface area contributed by atoms with E-state index in [2.05, 4.69) is 130 Å². The molecule has 8 rings (SSSR count). The van der Waals surface area contributed by atoms with Gasteiger partial charge >= 0.3 is 0 Å². The van der Waals surface area contributed by atoms with Gasteiger partial charge in [-0.3, -0.25) is 9.55 Å². The molecule has 0 radical (unpaired) electrons. The van der Waals surface area contributed by atoms with E-state index >= 15 is 0 Å². The molecule has 0 bridgehead atoms. The van der Waals surface area contributed by atoms with Crippen molar-refractivity contribution in [1.82, 2.24) is 14.5 Å². The number of pyridine rings is 1. The van der Waals surface area contributed by atoms with Crippen molar-refractivity contribution in [3.63, 3.8) is 0 Å². The molecule has 2 heterocycles. The third-order valence-corrected chi connectivity index (χ3v) is 11.6. The van der Waals surface area contributed by atoms with Crippen LogP contribution in [0.1, 0.15) is 94.2 Å². The van der Waals surface area contributed by atoms with Crippen molar-refractivity contribution in [3.8, 4) is 67.5 Å². The van der Waals surface area contributed by atoms with Gasteiger partial charge in [-0.05, 0) is 123 Å². The summed E-state index contributed by atoms with van der Waals surface area (Å²) in [5.74, 6) is 0.589. The molecule has 0 unspecified atom stereocenters. The van der Waals surface area contributed by atoms with E-state index in [1.54, 1.807) is 6.07 Å². The lowest BCUT2D eigenvalue weighted by Gasteiger charge is -2.27. The number of nitrogens with zero attached hydrogens (tertiary/aromatic N) is 3. The monoisotopic (exact) mass is 790 g/mol. The summed E-state index contributed by atoms with van der Waals surface area (Å²) in [6, 6.07) is 45.1. The Morgan fingerprint density at radius 2 is 1.20 bits per heavy atom. The standard InChI is InChI=1S/C56H57N3O/c1-35-20-22-38(23-21-35)40-26-27-57-48(32-40)42-29-41(30-43(31-42)54(3,4)5)45-18-15-19-50-51(45)58-53(46-33-44(55(6,7)8)34-47(52(46)60)56(9,10)11)59(50)49-25-24-39(28-36(49)2)37-16-13-12-14-17-37/h12-34,60H,1-11H3/i2D3. The number of hydrogen-bond donors (Lipinski definition) is 1. The van der Waals surface area contributed by atoms with Crippen molar-refractivity contribution in [2.24, 2.45) is 0 Å². The molecule has 0 aliphatic rings. The predicted octanol–water partition coefficient (Wildman–Crippen LogP) is 15.0. The van der Waals surface area contributed by atoms with E-state index in [1.165, 1.54) is 5.56 Å². The van der Waals surface area contributed by atoms with Crippen LogP contribution in [0, 0.1) is 13.8 Å². The molecule has 4 nitrogen and oxygen atoms in total. The van der Waals surface area contributed by atoms with Crippen LogP contribution in [0.4, 0.5) is 0 Å². The van der Waals surface area contributed by atoms with Crippen molar-refractivity contribution in [3.05, 3.63) is 167 Å². The number of para-hydroxylation sites is 1. The summed E-state index contributed by atoms with van der Waals surface area (Å²) in [6.45, 7) is 19.0. The van der Waals surface area contributed by atoms with E-state index in [1.807, 2.05) is 77.5 Å². The second kappa shape index (κ2) is 15.1. The van der Waals surface area contributed by atoms with Gasteiger partial charge in [-0.25, -0.2) is 4.98 Å². The number of phenols is 1. The van der Waals surface area contributed by atoms with Crippen LogP contribution in [0.5, 0.6) is 5.75 Å². The molecule has 0 saturated carbocycles. The van der Waals surface area contributed by atoms with Crippen molar-refractivity contribution in [2.45, 2.75) is 92.3 Å². The zero-order valence-electron chi connectivity index (χ0n) is 39.6. The lowest BCUT2D eigenvalue weighted by atomic mass is 9.79. The minimum Gasteiger partial charge on any atom is -0.507 e. The van der Waals surface area contributed by atoms with Gasteiger partial charge < -0.3 is 5.11 Å². The van der Waals surface area contributed by atoms with Gasteiger partial charge in [0, 0.05) is 27.0 Å². The Hall–Kier alpha value is -6.26. The maximum atomic E-state index is 12.4. The summed E-state index contributed by atoms with van der Waals surface area (Å²) in [5, 5.41) is 12.4. The SMILES string of the molecule is [2H]C([2H])([2H])c1cc(-c2ccccc2)ccc1-n1c(-c2cc(C(C)(C)C)cc(C(C)(C)C)c2O)nc2c(-c3cc(-c4cc(-c5ccc(C)cc5)ccn4)cc(C(C)(C)C)c3)cccc21. The molecular weight excluding hydrogens is 731 g/mol. The van der Waals surface area contributed by atoms with E-state index in [4.69, 9.17) is 14.1 Å². The molecule has 0 aliphatic heterocycles. The molecular formula is C56H57N3O. The molecule has 0 amide bonds. The lowest BCUT2D eigenvalue weighted by molar-refractivity contribution is 0.446. The highest BCUT2D eigenvalue weighted by molar-refractivity contribution is 5.97. The van der Waals surface area contributed by atoms with Gasteiger partial charge in [-0.1, -0.05) is 153 Å². The molecule has 6 aromatic carbocycles. The summed E-state index contributed by atoms with van der Waals surface area (Å²) in [7, 11) is 0. The van der Waals surface area contributed by atoms with Crippen molar-refractivity contribution in [1.29, 1.82) is 0 Å². The summed E-state index contributed by atoms with van der Waals surface area (Å²) in [4.78, 5) is 10.4. The quantitative estimate of drug-likeness (QED) is 0.182. The number of aromatic nitrogens is 3. The Morgan fingerprint density at radius 3 is 1.88 bits per heavy atom. The highest BCUT2D eigenvalue weighted by Gasteiger charge is 2.29. The summed E-state index contributed by atoms with van der Waals surface area (Å²) < 4.78 is 28.7. The maximum Gasteiger partial charge on any atom is 0.149 e. The first-order chi connectivity index (χ1) is 29.6. The lowest BCUT2D eigenvalue weighted by Crippen LogP contribution is -2.17. The molecule has 302 valence electrons. The highest BCUT2D eigenvalue weighted by atomic mass is 16.3. The fourth-order valence-electron chi connectivity index (χ4n) is 7.99. The largest absolute Gasteiger partial charge is 0.507 e. The smallest absolute Gasteiger partial charge is 0.149 e. The van der Waals surface area contributed by atoms with E-state index in [0.717, 1.165) is 66.8 Å². The Kier molecular flexibility index (Phi) is 9.25. The Labute approximate surface area is 360 Å². The Bertz CT molecular complexity index is 2990. The zero-order chi connectivity index (χ0) is 45.2. The molecule has 0 atom stereocenters. The van der Waals surface area contributed by atoms with Crippen LogP contribution in [-0.2, 0) is 16.2 Å². The van der Waals surface area contributed by atoms with Crippen molar-refractivity contribution >= 4 is 11.0 Å². The summed E-state index contributed by atoms with van der Waals surface area (Å²) >= 11 is 0. The van der Waals surface area contributed by atoms with Crippen LogP contribution in [-0.4, -0.2) is 19.6 Å². The van der Waals surface area contributed by atoms with Gasteiger partial charge in [-0.15, -0.1) is 0 Å². The maximum absolute atomic E-state index is 12.4. The first-order valence-corrected chi connectivity index (χ1v) is 20.9. The molecule has 2 aromatic heterocycles. The topological polar surface area (TPSA) is 50.9 Å². The predicted molar refractivity (Wildman–Crippen MR) is 253 cm³/mol. The van der Waals surface area contributed by atoms with Crippen LogP contribution in [0.2, 0.25) is 0 Å². The molecule has 8 aromatic rings. The number of rotatable bonds is 6. The fourth-order valence-corrected chi connectivity index (χ4v) is 7.99. The number of hydrogen-bond acceptors (Lipinski definition) is 3. The number of aromatic hydroxyl groups is 1. The zero-order valence-corrected chi connectivity index (χ0v) is 36.6. The molecule has 0 saturated heterocycles. The van der Waals surface area contributed by atoms with Gasteiger partial charge in [-0.2, -0.15) is 0 Å². The number of phenolic OH excluding ortho intramolecular Hbond substituents is 1. The first kappa shape index (κ1) is 36.8. The Morgan fingerprint density at radius 1 is 0.550 bits per heavy atom. The molecule has 60 heavy (non-hydrogen) atoms. The van der Waals surface area contributed by atoms with Gasteiger partial charge in [0.05, 0.1) is 28.0 Å². The minimum absolute atomic E-state index is 0.126. The van der Waals surface area contributed by atoms with Crippen LogP contribution in [0.3, 0.4) is 0 Å². The molecule has 0 spiro atoms. The van der Waals surface area contributed by atoms with Crippen molar-refractivity contribution < 1.29 is 9.22 Å². The van der Waals surface area contributed by atoms with Gasteiger partial charge in [0.25, 0.3) is 0 Å². The van der Waals surface area contributed by atoms with E-state index < -0.39 is 12.3 Å². The average molecular weight is 791 g/mol. The van der Waals surface area contributed by atoms with E-state index in [9.17, 15) is 5.11 Å². The summed E-state index contributed by atoms with van der Waals surface area (Å²) in [5.41, 5.74) is 13.5. The highest BCUT2D eigenvalue weighted by Crippen LogP contribution is 2.45. The van der Waals surface area contributed by atoms with Crippen LogP contribution < -0.4 is 0 Å². The van der Waals surface area contributed by atoms with Crippen LogP contribution in [0.25, 0.3) is 72.7 Å². The number of benzene rings is 6. The van der Waals surface area contributed by atoms with E-state index in [-0.39, 0.29) is 22.1 Å². The number of aryl methyl sites for hydroxylation is 2. The Balaban J connectivity index is 1.44. The first-order valence-electron chi connectivity index (χ1n) is 22.4. The van der Waals surface area contributed by atoms with Crippen LogP contribution >= 0.6 is 0 Å². The van der Waals surface area contributed by atoms with Gasteiger partial charge in [0.15, 0.2) is 0 Å². The third kappa shape index (κ3) is 7.79. The minimum atomic E-state index is -2.48. The fraction of sp³-hybridized carbons (Fsp3) is 0.250. The number of imidazole rings is 1. The average Bonchev–Trinajstić information content (AvgIpc) is 3.62. The summed E-state index contributed by atoms with van der Waals surface area (Å²) in [6.07, 6.45) is 1.87.